The first-order valence-corrected chi connectivity index (χ1v) is 6.57. The number of aromatic carboxylic acids is 1. The second-order valence-electron chi connectivity index (χ2n) is 4.46. The molecule has 1 aromatic heterocycles. The topological polar surface area (TPSA) is 75.5 Å². The molecule has 0 radical (unpaired) electrons. The Morgan fingerprint density at radius 3 is 2.52 bits per heavy atom. The van der Waals surface area contributed by atoms with Crippen LogP contribution in [0.15, 0.2) is 30.3 Å². The Labute approximate surface area is 123 Å². The van der Waals surface area contributed by atoms with Crippen molar-refractivity contribution in [1.29, 1.82) is 0 Å². The molecule has 6 nitrogen and oxygen atoms in total. The molecule has 1 N–H and O–H groups in total. The van der Waals surface area contributed by atoms with E-state index < -0.39 is 5.97 Å². The summed E-state index contributed by atoms with van der Waals surface area (Å²) in [6.45, 7) is 4.23. The Balaban J connectivity index is 2.30. The number of benzene rings is 1. The lowest BCUT2D eigenvalue weighted by Crippen LogP contribution is -2.13. The summed E-state index contributed by atoms with van der Waals surface area (Å²) >= 11 is 0. The Morgan fingerprint density at radius 1 is 1.29 bits per heavy atom. The number of carboxylic acid groups (broad SMARTS) is 1. The zero-order valence-corrected chi connectivity index (χ0v) is 12.2. The zero-order valence-electron chi connectivity index (χ0n) is 12.2. The summed E-state index contributed by atoms with van der Waals surface area (Å²) in [6, 6.07) is 8.35. The second kappa shape index (κ2) is 6.21. The van der Waals surface area contributed by atoms with Crippen molar-refractivity contribution in [2.45, 2.75) is 13.8 Å². The smallest absolute Gasteiger partial charge is 0.335 e. The van der Waals surface area contributed by atoms with Crippen LogP contribution >= 0.6 is 0 Å². The van der Waals surface area contributed by atoms with Gasteiger partial charge in [0.1, 0.15) is 11.6 Å². The van der Waals surface area contributed by atoms with Crippen LogP contribution in [0.2, 0.25) is 0 Å². The molecule has 0 aliphatic heterocycles. The minimum absolute atomic E-state index is 0.251. The maximum atomic E-state index is 10.9. The van der Waals surface area contributed by atoms with Gasteiger partial charge in [-0.3, -0.25) is 0 Å². The van der Waals surface area contributed by atoms with E-state index in [0.29, 0.717) is 24.1 Å². The Bertz CT molecular complexity index is 641. The molecule has 21 heavy (non-hydrogen) atoms. The van der Waals surface area contributed by atoms with E-state index in [4.69, 9.17) is 9.84 Å². The van der Waals surface area contributed by atoms with Crippen molar-refractivity contribution in [2.24, 2.45) is 0 Å². The number of carbonyl (C=O) groups is 1. The summed E-state index contributed by atoms with van der Waals surface area (Å²) in [4.78, 5) is 21.3. The highest BCUT2D eigenvalue weighted by Crippen LogP contribution is 2.24. The summed E-state index contributed by atoms with van der Waals surface area (Å²) < 4.78 is 5.41. The van der Waals surface area contributed by atoms with E-state index in [2.05, 4.69) is 9.97 Å². The fourth-order valence-corrected chi connectivity index (χ4v) is 1.88. The molecule has 2 aromatic rings. The van der Waals surface area contributed by atoms with Crippen LogP contribution in [0, 0.1) is 6.92 Å². The van der Waals surface area contributed by atoms with Gasteiger partial charge < -0.3 is 14.7 Å². The number of hydrogen-bond acceptors (Lipinski definition) is 5. The molecule has 0 fully saturated rings. The molecular weight excluding hydrogens is 270 g/mol. The predicted octanol–water partition coefficient (Wildman–Crippen LogP) is 2.65. The molecule has 0 saturated carbocycles. The molecule has 0 saturated heterocycles. The number of anilines is 2. The van der Waals surface area contributed by atoms with Crippen molar-refractivity contribution < 1.29 is 14.6 Å². The van der Waals surface area contributed by atoms with Gasteiger partial charge in [0.2, 0.25) is 5.88 Å². The second-order valence-corrected chi connectivity index (χ2v) is 4.46. The quantitative estimate of drug-likeness (QED) is 0.911. The average Bonchev–Trinajstić information content (AvgIpc) is 2.46. The molecule has 0 atom stereocenters. The van der Waals surface area contributed by atoms with Crippen molar-refractivity contribution in [3.05, 3.63) is 41.7 Å². The van der Waals surface area contributed by atoms with E-state index in [-0.39, 0.29) is 5.56 Å². The van der Waals surface area contributed by atoms with Crippen molar-refractivity contribution in [3.63, 3.8) is 0 Å². The van der Waals surface area contributed by atoms with Crippen LogP contribution < -0.4 is 9.64 Å². The molecule has 0 unspecified atom stereocenters. The highest BCUT2D eigenvalue weighted by atomic mass is 16.5. The van der Waals surface area contributed by atoms with Gasteiger partial charge in [0, 0.05) is 18.8 Å². The first-order chi connectivity index (χ1) is 10.0. The molecule has 6 heteroatoms. The maximum absolute atomic E-state index is 10.9. The normalized spacial score (nSPS) is 10.2. The average molecular weight is 287 g/mol. The summed E-state index contributed by atoms with van der Waals surface area (Å²) in [6.07, 6.45) is 0. The number of hydrogen-bond donors (Lipinski definition) is 1. The Morgan fingerprint density at radius 2 is 1.95 bits per heavy atom. The molecule has 0 bridgehead atoms. The lowest BCUT2D eigenvalue weighted by molar-refractivity contribution is 0.0697. The van der Waals surface area contributed by atoms with Gasteiger partial charge in [-0.1, -0.05) is 0 Å². The monoisotopic (exact) mass is 287 g/mol. The van der Waals surface area contributed by atoms with E-state index >= 15 is 0 Å². The van der Waals surface area contributed by atoms with Gasteiger partial charge in [0.05, 0.1) is 12.2 Å². The fourth-order valence-electron chi connectivity index (χ4n) is 1.88. The molecule has 0 aliphatic rings. The first-order valence-electron chi connectivity index (χ1n) is 6.57. The fraction of sp³-hybridized carbons (Fsp3) is 0.267. The molecule has 1 aromatic carbocycles. The Hall–Kier alpha value is -2.63. The predicted molar refractivity (Wildman–Crippen MR) is 79.4 cm³/mol. The lowest BCUT2D eigenvalue weighted by atomic mass is 10.2. The maximum Gasteiger partial charge on any atom is 0.335 e. The van der Waals surface area contributed by atoms with Gasteiger partial charge in [0.15, 0.2) is 0 Å². The third-order valence-electron chi connectivity index (χ3n) is 2.94. The first kappa shape index (κ1) is 14.8. The van der Waals surface area contributed by atoms with Crippen LogP contribution in [0.4, 0.5) is 11.5 Å². The standard InChI is InChI=1S/C15H17N3O3/c1-4-21-14-9-13(16-10(2)17-14)18(3)12-7-5-11(6-8-12)15(19)20/h5-9H,4H2,1-3H3,(H,19,20). The summed E-state index contributed by atoms with van der Waals surface area (Å²) in [7, 11) is 1.85. The minimum atomic E-state index is -0.944. The highest BCUT2D eigenvalue weighted by Gasteiger charge is 2.10. The number of rotatable bonds is 5. The number of ether oxygens (including phenoxy) is 1. The zero-order chi connectivity index (χ0) is 15.4. The summed E-state index contributed by atoms with van der Waals surface area (Å²) in [5.74, 6) is 0.883. The summed E-state index contributed by atoms with van der Waals surface area (Å²) in [5, 5.41) is 8.91. The van der Waals surface area contributed by atoms with Crippen LogP contribution in [0.1, 0.15) is 23.1 Å². The molecule has 0 spiro atoms. The molecule has 0 aliphatic carbocycles. The van der Waals surface area contributed by atoms with Crippen LogP contribution in [0.3, 0.4) is 0 Å². The molecular formula is C15H17N3O3. The van der Waals surface area contributed by atoms with Crippen molar-refractivity contribution in [1.82, 2.24) is 9.97 Å². The number of aromatic nitrogens is 2. The van der Waals surface area contributed by atoms with Crippen molar-refractivity contribution in [2.75, 3.05) is 18.6 Å². The Kier molecular flexibility index (Phi) is 4.37. The van der Waals surface area contributed by atoms with Gasteiger partial charge in [-0.2, -0.15) is 4.98 Å². The van der Waals surface area contributed by atoms with E-state index in [1.807, 2.05) is 18.9 Å². The highest BCUT2D eigenvalue weighted by molar-refractivity contribution is 5.88. The molecule has 2 rings (SSSR count). The van der Waals surface area contributed by atoms with Gasteiger partial charge in [0.25, 0.3) is 0 Å². The molecule has 110 valence electrons. The van der Waals surface area contributed by atoms with Gasteiger partial charge in [-0.15, -0.1) is 0 Å². The third kappa shape index (κ3) is 3.47. The van der Waals surface area contributed by atoms with Gasteiger partial charge in [-0.25, -0.2) is 9.78 Å². The largest absolute Gasteiger partial charge is 0.478 e. The minimum Gasteiger partial charge on any atom is -0.478 e. The lowest BCUT2D eigenvalue weighted by Gasteiger charge is -2.19. The number of aryl methyl sites for hydroxylation is 1. The van der Waals surface area contributed by atoms with Gasteiger partial charge in [-0.05, 0) is 38.1 Å². The van der Waals surface area contributed by atoms with Crippen molar-refractivity contribution in [3.8, 4) is 5.88 Å². The van der Waals surface area contributed by atoms with Gasteiger partial charge >= 0.3 is 5.97 Å². The van der Waals surface area contributed by atoms with Crippen LogP contribution in [-0.2, 0) is 0 Å². The number of carboxylic acids is 1. The van der Waals surface area contributed by atoms with E-state index in [1.165, 1.54) is 0 Å². The molecule has 1 heterocycles. The van der Waals surface area contributed by atoms with E-state index in [0.717, 1.165) is 5.69 Å². The van der Waals surface area contributed by atoms with Crippen LogP contribution in [0.5, 0.6) is 5.88 Å². The van der Waals surface area contributed by atoms with Crippen molar-refractivity contribution >= 4 is 17.5 Å². The van der Waals surface area contributed by atoms with Crippen LogP contribution in [-0.4, -0.2) is 34.7 Å². The number of nitrogens with zero attached hydrogens (tertiary/aromatic N) is 3. The van der Waals surface area contributed by atoms with E-state index in [9.17, 15) is 4.79 Å². The SMILES string of the molecule is CCOc1cc(N(C)c2ccc(C(=O)O)cc2)nc(C)n1. The summed E-state index contributed by atoms with van der Waals surface area (Å²) in [5.41, 5.74) is 1.08. The van der Waals surface area contributed by atoms with E-state index in [1.54, 1.807) is 37.3 Å². The van der Waals surface area contributed by atoms with Crippen LogP contribution in [0.25, 0.3) is 0 Å². The molecule has 0 amide bonds. The third-order valence-corrected chi connectivity index (χ3v) is 2.94.